The van der Waals surface area contributed by atoms with Crippen LogP contribution in [-0.4, -0.2) is 0 Å². The van der Waals surface area contributed by atoms with Gasteiger partial charge in [-0.3, -0.25) is 0 Å². The summed E-state index contributed by atoms with van der Waals surface area (Å²) in [5.41, 5.74) is 11.1. The zero-order valence-electron chi connectivity index (χ0n) is 22.5. The van der Waals surface area contributed by atoms with E-state index in [1.807, 2.05) is 0 Å². The number of benzene rings is 4. The van der Waals surface area contributed by atoms with Crippen LogP contribution in [0.1, 0.15) is 11.1 Å². The first-order valence-corrected chi connectivity index (χ1v) is 13.8. The molecule has 0 spiro atoms. The smallest absolute Gasteiger partial charge is 0.194 e. The van der Waals surface area contributed by atoms with Crippen LogP contribution in [0.5, 0.6) is 0 Å². The van der Waals surface area contributed by atoms with Crippen LogP contribution >= 0.6 is 0 Å². The highest BCUT2D eigenvalue weighted by Gasteiger charge is 2.21. The summed E-state index contributed by atoms with van der Waals surface area (Å²) in [7, 11) is 0. The lowest BCUT2D eigenvalue weighted by atomic mass is 9.96. The monoisotopic (exact) mass is 514 g/mol. The van der Waals surface area contributed by atoms with E-state index in [0.717, 1.165) is 6.54 Å². The van der Waals surface area contributed by atoms with Gasteiger partial charge < -0.3 is 0 Å². The topological polar surface area (TPSA) is 7.98 Å². The summed E-state index contributed by atoms with van der Waals surface area (Å²) in [4.78, 5) is 0. The minimum absolute atomic E-state index is 0.766. The fourth-order valence-corrected chi connectivity index (χ4v) is 5.80. The van der Waals surface area contributed by atoms with E-state index in [-0.39, 0.29) is 0 Å². The molecule has 2 heteroatoms. The first-order valence-electron chi connectivity index (χ1n) is 13.8. The van der Waals surface area contributed by atoms with Crippen LogP contribution in [0.4, 0.5) is 0 Å². The number of nitrogens with zero attached hydrogens (tertiary/aromatic N) is 2. The Bertz CT molecular complexity index is 1980. The number of aromatic nitrogens is 2. The van der Waals surface area contributed by atoms with Gasteiger partial charge in [0.1, 0.15) is 0 Å². The van der Waals surface area contributed by atoms with Crippen molar-refractivity contribution in [2.24, 2.45) is 0 Å². The van der Waals surface area contributed by atoms with Gasteiger partial charge in [-0.05, 0) is 52.9 Å². The van der Waals surface area contributed by atoms with Crippen molar-refractivity contribution in [1.29, 1.82) is 0 Å². The zero-order valence-corrected chi connectivity index (χ0v) is 22.5. The Balaban J connectivity index is 1.40. The molecule has 4 aromatic carbocycles. The van der Waals surface area contributed by atoms with Crippen molar-refractivity contribution in [3.63, 3.8) is 0 Å². The molecule has 3 heterocycles. The highest BCUT2D eigenvalue weighted by molar-refractivity contribution is 5.95. The largest absolute Gasteiger partial charge is 0.218 e. The number of aryl methyl sites for hydroxylation is 1. The number of rotatable bonds is 5. The van der Waals surface area contributed by atoms with E-state index in [9.17, 15) is 0 Å². The van der Waals surface area contributed by atoms with Crippen molar-refractivity contribution in [2.75, 3.05) is 0 Å². The molecular formula is C38H30N2+2. The molecule has 0 N–H and O–H groups in total. The lowest BCUT2D eigenvalue weighted by Crippen LogP contribution is -2.38. The quantitative estimate of drug-likeness (QED) is 0.161. The number of hydrogen-bond donors (Lipinski definition) is 0. The molecule has 0 fully saturated rings. The molecule has 0 unspecified atom stereocenters. The SMILES string of the molecule is Cc1cc(-c2ccccc2)ccc1-c1cc(-c2ccccc2)cc[n+]1Cc1c[n+]2ccccc2c2ccccc12. The summed E-state index contributed by atoms with van der Waals surface area (Å²) in [5.74, 6) is 0. The lowest BCUT2D eigenvalue weighted by Gasteiger charge is -2.12. The Morgan fingerprint density at radius 3 is 1.90 bits per heavy atom. The maximum Gasteiger partial charge on any atom is 0.218 e. The van der Waals surface area contributed by atoms with Crippen LogP contribution in [0.15, 0.2) is 152 Å². The summed E-state index contributed by atoms with van der Waals surface area (Å²) < 4.78 is 4.64. The molecule has 3 aromatic heterocycles. The van der Waals surface area contributed by atoms with Gasteiger partial charge in [0.2, 0.25) is 11.2 Å². The van der Waals surface area contributed by atoms with Crippen LogP contribution < -0.4 is 8.97 Å². The van der Waals surface area contributed by atoms with Crippen molar-refractivity contribution in [1.82, 2.24) is 0 Å². The van der Waals surface area contributed by atoms with E-state index in [1.165, 1.54) is 60.9 Å². The molecule has 0 aliphatic heterocycles. The highest BCUT2D eigenvalue weighted by atomic mass is 15.0. The Morgan fingerprint density at radius 2 is 1.18 bits per heavy atom. The molecule has 0 atom stereocenters. The predicted octanol–water partition coefficient (Wildman–Crippen LogP) is 8.22. The summed E-state index contributed by atoms with van der Waals surface area (Å²) in [6.45, 7) is 2.99. The molecule has 190 valence electrons. The Morgan fingerprint density at radius 1 is 0.525 bits per heavy atom. The highest BCUT2D eigenvalue weighted by Crippen LogP contribution is 2.30. The van der Waals surface area contributed by atoms with E-state index >= 15 is 0 Å². The predicted molar refractivity (Wildman–Crippen MR) is 164 cm³/mol. The molecule has 0 aliphatic rings. The van der Waals surface area contributed by atoms with Gasteiger partial charge in [-0.1, -0.05) is 91.0 Å². The van der Waals surface area contributed by atoms with Gasteiger partial charge in [0, 0.05) is 35.2 Å². The molecular weight excluding hydrogens is 484 g/mol. The van der Waals surface area contributed by atoms with Gasteiger partial charge in [0.15, 0.2) is 25.1 Å². The Kier molecular flexibility index (Phi) is 6.14. The van der Waals surface area contributed by atoms with Crippen molar-refractivity contribution < 1.29 is 8.97 Å². The van der Waals surface area contributed by atoms with Gasteiger partial charge in [0.05, 0.1) is 10.9 Å². The van der Waals surface area contributed by atoms with Crippen LogP contribution in [0.2, 0.25) is 0 Å². The standard InChI is InChI=1S/C38H30N2/c1-28-24-31(29-12-4-2-5-13-29)19-20-34(28)38-25-32(30-14-6-3-7-15-30)21-23-40(38)27-33-26-39-22-11-10-18-37(39)36-17-9-8-16-35(33)36/h2-26H,27H2,1H3/q+2. The molecule has 0 saturated heterocycles. The Labute approximate surface area is 235 Å². The molecule has 0 saturated carbocycles. The number of pyridine rings is 3. The molecule has 0 aliphatic carbocycles. The third-order valence-electron chi connectivity index (χ3n) is 7.83. The van der Waals surface area contributed by atoms with Crippen LogP contribution in [0.3, 0.4) is 0 Å². The first kappa shape index (κ1) is 24.0. The average molecular weight is 515 g/mol. The van der Waals surface area contributed by atoms with Gasteiger partial charge in [0.25, 0.3) is 0 Å². The first-order chi connectivity index (χ1) is 19.7. The minimum Gasteiger partial charge on any atom is -0.194 e. The molecule has 7 rings (SSSR count). The normalized spacial score (nSPS) is 11.2. The maximum absolute atomic E-state index is 2.40. The van der Waals surface area contributed by atoms with Crippen molar-refractivity contribution in [3.8, 4) is 33.5 Å². The van der Waals surface area contributed by atoms with Gasteiger partial charge >= 0.3 is 0 Å². The lowest BCUT2D eigenvalue weighted by molar-refractivity contribution is -0.678. The molecule has 0 bridgehead atoms. The number of hydrogen-bond acceptors (Lipinski definition) is 0. The fraction of sp³-hybridized carbons (Fsp3) is 0.0526. The van der Waals surface area contributed by atoms with Crippen LogP contribution in [0, 0.1) is 6.92 Å². The minimum atomic E-state index is 0.766. The third kappa shape index (κ3) is 4.44. The molecule has 2 nitrogen and oxygen atoms in total. The fourth-order valence-electron chi connectivity index (χ4n) is 5.80. The van der Waals surface area contributed by atoms with E-state index in [4.69, 9.17) is 0 Å². The zero-order chi connectivity index (χ0) is 26.9. The second-order valence-electron chi connectivity index (χ2n) is 10.4. The van der Waals surface area contributed by atoms with Crippen molar-refractivity contribution in [2.45, 2.75) is 13.5 Å². The summed E-state index contributed by atoms with van der Waals surface area (Å²) in [6, 6.07) is 47.8. The van der Waals surface area contributed by atoms with Crippen LogP contribution in [0.25, 0.3) is 49.8 Å². The average Bonchev–Trinajstić information content (AvgIpc) is 3.02. The summed E-state index contributed by atoms with van der Waals surface area (Å²) >= 11 is 0. The van der Waals surface area contributed by atoms with E-state index in [0.29, 0.717) is 0 Å². The molecule has 0 radical (unpaired) electrons. The number of fused-ring (bicyclic) bond motifs is 3. The van der Waals surface area contributed by atoms with E-state index < -0.39 is 0 Å². The van der Waals surface area contributed by atoms with Crippen molar-refractivity contribution >= 4 is 16.3 Å². The molecule has 40 heavy (non-hydrogen) atoms. The summed E-state index contributed by atoms with van der Waals surface area (Å²) in [6.07, 6.45) is 6.67. The molecule has 0 amide bonds. The molecule has 7 aromatic rings. The van der Waals surface area contributed by atoms with E-state index in [1.54, 1.807) is 0 Å². The summed E-state index contributed by atoms with van der Waals surface area (Å²) in [5, 5.41) is 2.56. The maximum atomic E-state index is 2.40. The second-order valence-corrected chi connectivity index (χ2v) is 10.4. The van der Waals surface area contributed by atoms with Gasteiger partial charge in [-0.2, -0.15) is 8.97 Å². The Hall–Kier alpha value is -5.08. The van der Waals surface area contributed by atoms with Gasteiger partial charge in [-0.15, -0.1) is 0 Å². The second kappa shape index (κ2) is 10.2. The van der Waals surface area contributed by atoms with Gasteiger partial charge in [-0.25, -0.2) is 0 Å². The van der Waals surface area contributed by atoms with Crippen molar-refractivity contribution in [3.05, 3.63) is 163 Å². The van der Waals surface area contributed by atoms with E-state index in [2.05, 4.69) is 168 Å². The van der Waals surface area contributed by atoms with Crippen LogP contribution in [-0.2, 0) is 6.54 Å². The third-order valence-corrected chi connectivity index (χ3v) is 7.83.